The van der Waals surface area contributed by atoms with Gasteiger partial charge in [0.15, 0.2) is 0 Å². The fourth-order valence-corrected chi connectivity index (χ4v) is 3.03. The van der Waals surface area contributed by atoms with Crippen molar-refractivity contribution in [3.05, 3.63) is 48.3 Å². The van der Waals surface area contributed by atoms with Crippen molar-refractivity contribution in [3.8, 4) is 0 Å². The van der Waals surface area contributed by atoms with E-state index < -0.39 is 0 Å². The van der Waals surface area contributed by atoms with Gasteiger partial charge < -0.3 is 20.0 Å². The zero-order valence-electron chi connectivity index (χ0n) is 16.0. The second-order valence-electron chi connectivity index (χ2n) is 6.79. The molecule has 1 N–H and O–H groups in total. The van der Waals surface area contributed by atoms with Crippen molar-refractivity contribution in [2.45, 2.75) is 6.92 Å². The van der Waals surface area contributed by atoms with Gasteiger partial charge in [-0.1, -0.05) is 0 Å². The van der Waals surface area contributed by atoms with E-state index in [1.807, 2.05) is 54.2 Å². The lowest BCUT2D eigenvalue weighted by Crippen LogP contribution is -2.48. The van der Waals surface area contributed by atoms with Crippen molar-refractivity contribution in [2.75, 3.05) is 55.4 Å². The largest absolute Gasteiger partial charge is 0.378 e. The third kappa shape index (κ3) is 4.55. The molecule has 0 saturated carbocycles. The van der Waals surface area contributed by atoms with Crippen LogP contribution < -0.4 is 15.1 Å². The number of carbonyl (C=O) groups excluding carboxylic acids is 2. The Bertz CT molecular complexity index is 794. The Morgan fingerprint density at radius 2 is 1.67 bits per heavy atom. The summed E-state index contributed by atoms with van der Waals surface area (Å²) in [5.41, 5.74) is 3.14. The van der Waals surface area contributed by atoms with Crippen molar-refractivity contribution in [1.82, 2.24) is 9.88 Å². The van der Waals surface area contributed by atoms with E-state index in [2.05, 4.69) is 15.2 Å². The Morgan fingerprint density at radius 1 is 1.00 bits per heavy atom. The van der Waals surface area contributed by atoms with Crippen molar-refractivity contribution in [1.29, 1.82) is 0 Å². The molecule has 27 heavy (non-hydrogen) atoms. The minimum Gasteiger partial charge on any atom is -0.378 e. The maximum atomic E-state index is 12.4. The van der Waals surface area contributed by atoms with Crippen LogP contribution in [0.15, 0.2) is 42.6 Å². The predicted octanol–water partition coefficient (Wildman–Crippen LogP) is 2.07. The maximum Gasteiger partial charge on any atom is 0.274 e. The third-order valence-corrected chi connectivity index (χ3v) is 4.71. The van der Waals surface area contributed by atoms with Crippen molar-refractivity contribution in [2.24, 2.45) is 0 Å². The van der Waals surface area contributed by atoms with Crippen molar-refractivity contribution >= 4 is 28.9 Å². The number of nitrogens with zero attached hydrogens (tertiary/aromatic N) is 4. The molecule has 1 aliphatic rings. The summed E-state index contributed by atoms with van der Waals surface area (Å²) in [5.74, 6) is -0.126. The van der Waals surface area contributed by atoms with Crippen LogP contribution in [-0.2, 0) is 4.79 Å². The van der Waals surface area contributed by atoms with E-state index in [-0.39, 0.29) is 11.8 Å². The van der Waals surface area contributed by atoms with E-state index in [1.165, 1.54) is 0 Å². The van der Waals surface area contributed by atoms with Crippen LogP contribution in [0.5, 0.6) is 0 Å². The first-order chi connectivity index (χ1) is 12.9. The molecule has 7 nitrogen and oxygen atoms in total. The van der Waals surface area contributed by atoms with Gasteiger partial charge in [0.25, 0.3) is 5.91 Å². The number of hydrogen-bond acceptors (Lipinski definition) is 5. The molecule has 0 spiro atoms. The number of rotatable bonds is 4. The smallest absolute Gasteiger partial charge is 0.274 e. The molecule has 0 unspecified atom stereocenters. The fraction of sp³-hybridized carbons (Fsp3) is 0.350. The topological polar surface area (TPSA) is 68.8 Å². The Balaban J connectivity index is 1.60. The number of anilines is 3. The molecule has 0 aliphatic carbocycles. The molecule has 0 atom stereocenters. The first-order valence-corrected chi connectivity index (χ1v) is 8.99. The van der Waals surface area contributed by atoms with Gasteiger partial charge in [-0.05, 0) is 36.4 Å². The second-order valence-corrected chi connectivity index (χ2v) is 6.79. The molecule has 0 bridgehead atoms. The normalized spacial score (nSPS) is 14.0. The Morgan fingerprint density at radius 3 is 2.19 bits per heavy atom. The number of piperazine rings is 1. The lowest BCUT2D eigenvalue weighted by Gasteiger charge is -2.35. The Kier molecular flexibility index (Phi) is 5.59. The van der Waals surface area contributed by atoms with Gasteiger partial charge in [0.2, 0.25) is 5.91 Å². The highest BCUT2D eigenvalue weighted by atomic mass is 16.2. The molecule has 1 fully saturated rings. The molecular formula is C20H25N5O2. The quantitative estimate of drug-likeness (QED) is 0.896. The number of carbonyl (C=O) groups is 2. The Labute approximate surface area is 159 Å². The minimum absolute atomic E-state index is 0.110. The summed E-state index contributed by atoms with van der Waals surface area (Å²) in [5, 5.41) is 2.86. The molecule has 3 rings (SSSR count). The molecule has 7 heteroatoms. The summed E-state index contributed by atoms with van der Waals surface area (Å²) < 4.78 is 0. The highest BCUT2D eigenvalue weighted by Crippen LogP contribution is 2.18. The van der Waals surface area contributed by atoms with Gasteiger partial charge in [-0.2, -0.15) is 0 Å². The number of pyridine rings is 1. The molecule has 2 heterocycles. The number of benzene rings is 1. The van der Waals surface area contributed by atoms with Gasteiger partial charge >= 0.3 is 0 Å². The third-order valence-electron chi connectivity index (χ3n) is 4.71. The number of nitrogens with one attached hydrogen (secondary N) is 1. The highest BCUT2D eigenvalue weighted by molar-refractivity contribution is 6.03. The average molecular weight is 367 g/mol. The van der Waals surface area contributed by atoms with E-state index in [9.17, 15) is 9.59 Å². The Hall–Kier alpha value is -3.09. The van der Waals surface area contributed by atoms with Gasteiger partial charge in [-0.3, -0.25) is 9.59 Å². The molecule has 2 aromatic rings. The van der Waals surface area contributed by atoms with Gasteiger partial charge in [-0.15, -0.1) is 0 Å². The molecule has 1 aromatic carbocycles. The first kappa shape index (κ1) is 18.7. The van der Waals surface area contributed by atoms with Crippen LogP contribution in [0.2, 0.25) is 0 Å². The van der Waals surface area contributed by atoms with E-state index in [0.29, 0.717) is 18.8 Å². The first-order valence-electron chi connectivity index (χ1n) is 8.99. The van der Waals surface area contributed by atoms with Crippen molar-refractivity contribution in [3.63, 3.8) is 0 Å². The van der Waals surface area contributed by atoms with E-state index in [1.54, 1.807) is 19.2 Å². The summed E-state index contributed by atoms with van der Waals surface area (Å²) in [6.07, 6.45) is 1.72. The molecule has 142 valence electrons. The van der Waals surface area contributed by atoms with Crippen LogP contribution in [0, 0.1) is 0 Å². The molecule has 0 radical (unpaired) electrons. The van der Waals surface area contributed by atoms with Crippen LogP contribution in [0.3, 0.4) is 0 Å². The second kappa shape index (κ2) is 8.07. The number of hydrogen-bond donors (Lipinski definition) is 1. The van der Waals surface area contributed by atoms with E-state index in [4.69, 9.17) is 0 Å². The minimum atomic E-state index is -0.236. The average Bonchev–Trinajstić information content (AvgIpc) is 2.68. The van der Waals surface area contributed by atoms with Crippen molar-refractivity contribution < 1.29 is 9.59 Å². The van der Waals surface area contributed by atoms with Crippen LogP contribution in [-0.4, -0.2) is 62.0 Å². The SMILES string of the molecule is CC(=O)N1CCN(c2ccc(C(=O)Nc3ccc(N(C)C)cc3)nc2)CC1. The highest BCUT2D eigenvalue weighted by Gasteiger charge is 2.19. The predicted molar refractivity (Wildman–Crippen MR) is 107 cm³/mol. The van der Waals surface area contributed by atoms with Gasteiger partial charge in [0.1, 0.15) is 5.69 Å². The summed E-state index contributed by atoms with van der Waals surface area (Å²) in [6, 6.07) is 11.3. The lowest BCUT2D eigenvalue weighted by atomic mass is 10.2. The zero-order valence-corrected chi connectivity index (χ0v) is 16.0. The fourth-order valence-electron chi connectivity index (χ4n) is 3.03. The van der Waals surface area contributed by atoms with Gasteiger partial charge in [0, 0.05) is 58.6 Å². The van der Waals surface area contributed by atoms with Crippen LogP contribution in [0.4, 0.5) is 17.1 Å². The summed E-state index contributed by atoms with van der Waals surface area (Å²) in [7, 11) is 3.94. The summed E-state index contributed by atoms with van der Waals surface area (Å²) in [6.45, 7) is 4.55. The molecule has 1 aliphatic heterocycles. The lowest BCUT2D eigenvalue weighted by molar-refractivity contribution is -0.129. The standard InChI is InChI=1S/C20H25N5O2/c1-15(26)24-10-12-25(13-11-24)18-8-9-19(21-14-18)20(27)22-16-4-6-17(7-5-16)23(2)3/h4-9,14H,10-13H2,1-3H3,(H,22,27). The molecule has 1 aromatic heterocycles. The van der Waals surface area contributed by atoms with E-state index >= 15 is 0 Å². The number of aromatic nitrogens is 1. The molecular weight excluding hydrogens is 342 g/mol. The zero-order chi connectivity index (χ0) is 19.4. The summed E-state index contributed by atoms with van der Waals surface area (Å²) >= 11 is 0. The molecule has 1 saturated heterocycles. The van der Waals surface area contributed by atoms with E-state index in [0.717, 1.165) is 30.2 Å². The number of amides is 2. The summed E-state index contributed by atoms with van der Waals surface area (Å²) in [4.78, 5) is 34.1. The maximum absolute atomic E-state index is 12.4. The monoisotopic (exact) mass is 367 g/mol. The van der Waals surface area contributed by atoms with Gasteiger partial charge in [0.05, 0.1) is 11.9 Å². The van der Waals surface area contributed by atoms with Crippen LogP contribution >= 0.6 is 0 Å². The van der Waals surface area contributed by atoms with Gasteiger partial charge in [-0.25, -0.2) is 4.98 Å². The molecule has 2 amide bonds. The van der Waals surface area contributed by atoms with Crippen LogP contribution in [0.1, 0.15) is 17.4 Å². The van der Waals surface area contributed by atoms with Crippen LogP contribution in [0.25, 0.3) is 0 Å².